The number of rotatable bonds is 6. The van der Waals surface area contributed by atoms with E-state index in [9.17, 15) is 9.59 Å². The Labute approximate surface area is 111 Å². The molecule has 0 aliphatic rings. The van der Waals surface area contributed by atoms with Gasteiger partial charge in [0.2, 0.25) is 5.91 Å². The molecule has 1 aromatic heterocycles. The average Bonchev–Trinajstić information content (AvgIpc) is 2.80. The van der Waals surface area contributed by atoms with Gasteiger partial charge in [-0.15, -0.1) is 11.3 Å². The second kappa shape index (κ2) is 6.54. The third-order valence-corrected chi connectivity index (χ3v) is 3.87. The Hall–Kier alpha value is -1.36. The van der Waals surface area contributed by atoms with Crippen LogP contribution < -0.4 is 0 Å². The van der Waals surface area contributed by atoms with Crippen LogP contribution in [0.5, 0.6) is 0 Å². The maximum atomic E-state index is 12.3. The first kappa shape index (κ1) is 14.7. The molecule has 1 unspecified atom stereocenters. The lowest BCUT2D eigenvalue weighted by atomic mass is 10.1. The number of hydrogen-bond acceptors (Lipinski definition) is 3. The Morgan fingerprint density at radius 2 is 2.06 bits per heavy atom. The van der Waals surface area contributed by atoms with Crippen LogP contribution in [0.1, 0.15) is 38.0 Å². The van der Waals surface area contributed by atoms with Gasteiger partial charge in [0.1, 0.15) is 0 Å². The molecule has 0 aliphatic carbocycles. The minimum Gasteiger partial charge on any atom is -0.481 e. The van der Waals surface area contributed by atoms with Gasteiger partial charge in [-0.2, -0.15) is 0 Å². The molecule has 1 heterocycles. The van der Waals surface area contributed by atoms with E-state index in [1.807, 2.05) is 38.3 Å². The van der Waals surface area contributed by atoms with Crippen molar-refractivity contribution in [2.75, 3.05) is 6.54 Å². The number of carbonyl (C=O) groups is 2. The molecular formula is C13H19NO3S. The second-order valence-electron chi connectivity index (χ2n) is 4.51. The summed E-state index contributed by atoms with van der Waals surface area (Å²) in [5.74, 6) is -1.09. The van der Waals surface area contributed by atoms with Crippen LogP contribution in [0.2, 0.25) is 0 Å². The van der Waals surface area contributed by atoms with Gasteiger partial charge in [-0.05, 0) is 32.2 Å². The molecule has 0 aliphatic heterocycles. The predicted molar refractivity (Wildman–Crippen MR) is 71.8 cm³/mol. The van der Waals surface area contributed by atoms with E-state index in [1.165, 1.54) is 0 Å². The molecule has 0 bridgehead atoms. The Kier molecular flexibility index (Phi) is 5.34. The van der Waals surface area contributed by atoms with Gasteiger partial charge in [0, 0.05) is 17.5 Å². The number of carbonyl (C=O) groups excluding carboxylic acids is 1. The molecule has 4 nitrogen and oxygen atoms in total. The number of aliphatic carboxylic acids is 1. The first-order valence-electron chi connectivity index (χ1n) is 5.99. The molecule has 100 valence electrons. The van der Waals surface area contributed by atoms with Crippen LogP contribution in [0, 0.1) is 0 Å². The van der Waals surface area contributed by atoms with Crippen LogP contribution in [0.15, 0.2) is 17.5 Å². The molecule has 1 amide bonds. The molecule has 5 heteroatoms. The molecule has 1 atom stereocenters. The molecule has 0 saturated heterocycles. The summed E-state index contributed by atoms with van der Waals surface area (Å²) in [6, 6.07) is 3.86. The van der Waals surface area contributed by atoms with Gasteiger partial charge in [-0.1, -0.05) is 6.07 Å². The number of thiophene rings is 1. The summed E-state index contributed by atoms with van der Waals surface area (Å²) in [6.45, 7) is 5.94. The van der Waals surface area contributed by atoms with Gasteiger partial charge >= 0.3 is 5.97 Å². The first-order chi connectivity index (χ1) is 8.43. The normalized spacial score (nSPS) is 12.4. The highest BCUT2D eigenvalue weighted by Gasteiger charge is 2.24. The summed E-state index contributed by atoms with van der Waals surface area (Å²) in [7, 11) is 0. The van der Waals surface area contributed by atoms with Crippen molar-refractivity contribution in [2.24, 2.45) is 0 Å². The van der Waals surface area contributed by atoms with Crippen LogP contribution in [0.25, 0.3) is 0 Å². The minimum absolute atomic E-state index is 0.00583. The summed E-state index contributed by atoms with van der Waals surface area (Å²) in [5.41, 5.74) is 0. The van der Waals surface area contributed by atoms with Crippen molar-refractivity contribution < 1.29 is 14.7 Å². The van der Waals surface area contributed by atoms with Crippen LogP contribution in [0.4, 0.5) is 0 Å². The summed E-state index contributed by atoms with van der Waals surface area (Å²) >= 11 is 1.55. The third kappa shape index (κ3) is 3.84. The van der Waals surface area contributed by atoms with Crippen molar-refractivity contribution in [1.29, 1.82) is 0 Å². The van der Waals surface area contributed by atoms with Crippen molar-refractivity contribution in [1.82, 2.24) is 4.90 Å². The first-order valence-corrected chi connectivity index (χ1v) is 6.87. The summed E-state index contributed by atoms with van der Waals surface area (Å²) in [4.78, 5) is 25.6. The molecule has 0 fully saturated rings. The number of carboxylic acids is 1. The van der Waals surface area contributed by atoms with E-state index in [0.29, 0.717) is 0 Å². The Balaban J connectivity index is 2.73. The fraction of sp³-hybridized carbons (Fsp3) is 0.538. The van der Waals surface area contributed by atoms with E-state index < -0.39 is 5.97 Å². The quantitative estimate of drug-likeness (QED) is 0.863. The zero-order valence-electron chi connectivity index (χ0n) is 10.9. The van der Waals surface area contributed by atoms with Gasteiger partial charge in [-0.25, -0.2) is 0 Å². The van der Waals surface area contributed by atoms with Gasteiger partial charge in [0.25, 0.3) is 0 Å². The molecule has 1 N–H and O–H groups in total. The van der Waals surface area contributed by atoms with Crippen molar-refractivity contribution in [3.63, 3.8) is 0 Å². The molecule has 0 saturated carbocycles. The number of nitrogens with zero attached hydrogens (tertiary/aromatic N) is 1. The topological polar surface area (TPSA) is 57.6 Å². The van der Waals surface area contributed by atoms with Gasteiger partial charge < -0.3 is 10.0 Å². The standard InChI is InChI=1S/C13H19NO3S/c1-9(2)14(7-6-12(15)16)13(17)10(3)11-5-4-8-18-11/h4-5,8-10H,6-7H2,1-3H3,(H,15,16). The Morgan fingerprint density at radius 1 is 1.39 bits per heavy atom. The molecular weight excluding hydrogens is 250 g/mol. The smallest absolute Gasteiger partial charge is 0.305 e. The maximum absolute atomic E-state index is 12.3. The lowest BCUT2D eigenvalue weighted by Gasteiger charge is -2.28. The lowest BCUT2D eigenvalue weighted by Crippen LogP contribution is -2.40. The van der Waals surface area contributed by atoms with Gasteiger partial charge in [0.15, 0.2) is 0 Å². The van der Waals surface area contributed by atoms with Crippen molar-refractivity contribution in [2.45, 2.75) is 39.2 Å². The van der Waals surface area contributed by atoms with Crippen LogP contribution in [-0.4, -0.2) is 34.5 Å². The van der Waals surface area contributed by atoms with E-state index in [1.54, 1.807) is 16.2 Å². The zero-order chi connectivity index (χ0) is 13.7. The highest BCUT2D eigenvalue weighted by atomic mass is 32.1. The molecule has 0 aromatic carbocycles. The third-order valence-electron chi connectivity index (χ3n) is 2.81. The lowest BCUT2D eigenvalue weighted by molar-refractivity contribution is -0.139. The monoisotopic (exact) mass is 269 g/mol. The average molecular weight is 269 g/mol. The number of hydrogen-bond donors (Lipinski definition) is 1. The SMILES string of the molecule is CC(C(=O)N(CCC(=O)O)C(C)C)c1cccs1. The Morgan fingerprint density at radius 3 is 2.50 bits per heavy atom. The fourth-order valence-electron chi connectivity index (χ4n) is 1.75. The second-order valence-corrected chi connectivity index (χ2v) is 5.49. The summed E-state index contributed by atoms with van der Waals surface area (Å²) < 4.78 is 0. The van der Waals surface area contributed by atoms with Gasteiger partial charge in [-0.3, -0.25) is 9.59 Å². The van der Waals surface area contributed by atoms with E-state index in [2.05, 4.69) is 0 Å². The zero-order valence-corrected chi connectivity index (χ0v) is 11.7. The molecule has 1 aromatic rings. The number of carboxylic acid groups (broad SMARTS) is 1. The summed E-state index contributed by atoms with van der Waals surface area (Å²) in [5, 5.41) is 10.7. The van der Waals surface area contributed by atoms with E-state index in [4.69, 9.17) is 5.11 Å². The van der Waals surface area contributed by atoms with E-state index in [0.717, 1.165) is 4.88 Å². The molecule has 0 spiro atoms. The number of amides is 1. The predicted octanol–water partition coefficient (Wildman–Crippen LogP) is 2.56. The highest BCUT2D eigenvalue weighted by molar-refractivity contribution is 7.10. The van der Waals surface area contributed by atoms with E-state index in [-0.39, 0.29) is 30.8 Å². The van der Waals surface area contributed by atoms with E-state index >= 15 is 0 Å². The van der Waals surface area contributed by atoms with Gasteiger partial charge in [0.05, 0.1) is 12.3 Å². The maximum Gasteiger partial charge on any atom is 0.305 e. The van der Waals surface area contributed by atoms with Crippen LogP contribution >= 0.6 is 11.3 Å². The van der Waals surface area contributed by atoms with Crippen LogP contribution in [-0.2, 0) is 9.59 Å². The summed E-state index contributed by atoms with van der Waals surface area (Å²) in [6.07, 6.45) is -0.0128. The fourth-order valence-corrected chi connectivity index (χ4v) is 2.52. The molecule has 0 radical (unpaired) electrons. The Bertz CT molecular complexity index is 400. The largest absolute Gasteiger partial charge is 0.481 e. The highest BCUT2D eigenvalue weighted by Crippen LogP contribution is 2.23. The molecule has 1 rings (SSSR count). The van der Waals surface area contributed by atoms with Crippen molar-refractivity contribution in [3.8, 4) is 0 Å². The minimum atomic E-state index is -0.878. The van der Waals surface area contributed by atoms with Crippen molar-refractivity contribution >= 4 is 23.2 Å². The van der Waals surface area contributed by atoms with Crippen LogP contribution in [0.3, 0.4) is 0 Å². The van der Waals surface area contributed by atoms with Crippen molar-refractivity contribution in [3.05, 3.63) is 22.4 Å². The molecule has 18 heavy (non-hydrogen) atoms.